The van der Waals surface area contributed by atoms with E-state index in [0.29, 0.717) is 12.2 Å². The molecule has 0 saturated heterocycles. The summed E-state index contributed by atoms with van der Waals surface area (Å²) in [6.07, 6.45) is 1.55. The molecule has 0 fully saturated rings. The number of aromatic nitrogens is 4. The first-order valence-corrected chi connectivity index (χ1v) is 10.2. The summed E-state index contributed by atoms with van der Waals surface area (Å²) in [7, 11) is -3.88. The molecule has 0 unspecified atom stereocenters. The Balaban J connectivity index is 1.72. The zero-order chi connectivity index (χ0) is 20.3. The van der Waals surface area contributed by atoms with Crippen molar-refractivity contribution in [3.8, 4) is 0 Å². The molecule has 3 aromatic rings. The van der Waals surface area contributed by atoms with Gasteiger partial charge < -0.3 is 5.32 Å². The summed E-state index contributed by atoms with van der Waals surface area (Å²) in [4.78, 5) is 12.3. The zero-order valence-electron chi connectivity index (χ0n) is 14.4. The number of sulfonamides is 1. The molecule has 0 radical (unpaired) electrons. The SMILES string of the molecule is CCn1cc(Cl)c(C(=O)Nc2ccc(S(=O)(=O)Nc3ccc(Cl)nn3)cc2)n1. The number of amides is 1. The second-order valence-corrected chi connectivity index (χ2v) is 7.98. The lowest BCUT2D eigenvalue weighted by Gasteiger charge is -2.08. The van der Waals surface area contributed by atoms with Crippen LogP contribution >= 0.6 is 23.2 Å². The summed E-state index contributed by atoms with van der Waals surface area (Å²) in [5, 5.41) is 14.3. The van der Waals surface area contributed by atoms with Crippen LogP contribution in [0.1, 0.15) is 17.4 Å². The van der Waals surface area contributed by atoms with Crippen LogP contribution in [0.3, 0.4) is 0 Å². The molecule has 1 aromatic carbocycles. The molecular formula is C16H14Cl2N6O3S. The molecule has 0 aliphatic rings. The van der Waals surface area contributed by atoms with Crippen molar-refractivity contribution in [1.29, 1.82) is 0 Å². The number of hydrogen-bond acceptors (Lipinski definition) is 6. The van der Waals surface area contributed by atoms with Gasteiger partial charge in [-0.05, 0) is 43.3 Å². The van der Waals surface area contributed by atoms with Crippen molar-refractivity contribution in [3.63, 3.8) is 0 Å². The van der Waals surface area contributed by atoms with Gasteiger partial charge in [-0.15, -0.1) is 10.2 Å². The van der Waals surface area contributed by atoms with Crippen LogP contribution in [0.2, 0.25) is 10.2 Å². The van der Waals surface area contributed by atoms with E-state index in [4.69, 9.17) is 23.2 Å². The van der Waals surface area contributed by atoms with E-state index >= 15 is 0 Å². The van der Waals surface area contributed by atoms with E-state index < -0.39 is 15.9 Å². The molecular weight excluding hydrogens is 427 g/mol. The van der Waals surface area contributed by atoms with E-state index in [0.717, 1.165) is 0 Å². The summed E-state index contributed by atoms with van der Waals surface area (Å²) in [5.41, 5.74) is 0.473. The number of anilines is 2. The lowest BCUT2D eigenvalue weighted by molar-refractivity contribution is 0.102. The fourth-order valence-corrected chi connectivity index (χ4v) is 3.52. The van der Waals surface area contributed by atoms with Crippen LogP contribution in [0.25, 0.3) is 0 Å². The van der Waals surface area contributed by atoms with Crippen LogP contribution in [-0.2, 0) is 16.6 Å². The van der Waals surface area contributed by atoms with Gasteiger partial charge in [0.05, 0.1) is 9.92 Å². The summed E-state index contributed by atoms with van der Waals surface area (Å²) in [6, 6.07) is 8.38. The second-order valence-electron chi connectivity index (χ2n) is 5.51. The maximum Gasteiger partial charge on any atom is 0.277 e. The average molecular weight is 441 g/mol. The van der Waals surface area contributed by atoms with Gasteiger partial charge in [0.25, 0.3) is 15.9 Å². The van der Waals surface area contributed by atoms with Gasteiger partial charge >= 0.3 is 0 Å². The van der Waals surface area contributed by atoms with Crippen molar-refractivity contribution >= 4 is 50.6 Å². The van der Waals surface area contributed by atoms with Gasteiger partial charge in [-0.1, -0.05) is 23.2 Å². The Labute approximate surface area is 170 Å². The highest BCUT2D eigenvalue weighted by atomic mass is 35.5. The third kappa shape index (κ3) is 4.58. The van der Waals surface area contributed by atoms with Crippen molar-refractivity contribution < 1.29 is 13.2 Å². The van der Waals surface area contributed by atoms with Crippen molar-refractivity contribution in [3.05, 3.63) is 58.5 Å². The van der Waals surface area contributed by atoms with E-state index in [1.54, 1.807) is 6.20 Å². The van der Waals surface area contributed by atoms with Crippen LogP contribution in [0.5, 0.6) is 0 Å². The Morgan fingerprint density at radius 3 is 2.39 bits per heavy atom. The van der Waals surface area contributed by atoms with Gasteiger partial charge in [0.2, 0.25) is 0 Å². The van der Waals surface area contributed by atoms with Crippen LogP contribution in [-0.4, -0.2) is 34.3 Å². The normalized spacial score (nSPS) is 11.2. The quantitative estimate of drug-likeness (QED) is 0.607. The maximum absolute atomic E-state index is 12.4. The number of hydrogen-bond donors (Lipinski definition) is 2. The van der Waals surface area contributed by atoms with Crippen molar-refractivity contribution in [2.45, 2.75) is 18.4 Å². The topological polar surface area (TPSA) is 119 Å². The van der Waals surface area contributed by atoms with Crippen LogP contribution < -0.4 is 10.0 Å². The second kappa shape index (κ2) is 8.13. The highest BCUT2D eigenvalue weighted by molar-refractivity contribution is 7.92. The smallest absolute Gasteiger partial charge is 0.277 e. The lowest BCUT2D eigenvalue weighted by Crippen LogP contribution is -2.15. The maximum atomic E-state index is 12.4. The summed E-state index contributed by atoms with van der Waals surface area (Å²) >= 11 is 11.6. The first-order chi connectivity index (χ1) is 13.3. The number of benzene rings is 1. The largest absolute Gasteiger partial charge is 0.321 e. The zero-order valence-corrected chi connectivity index (χ0v) is 16.8. The lowest BCUT2D eigenvalue weighted by atomic mass is 10.3. The number of nitrogens with zero attached hydrogens (tertiary/aromatic N) is 4. The van der Waals surface area contributed by atoms with Crippen molar-refractivity contribution in [1.82, 2.24) is 20.0 Å². The molecule has 2 N–H and O–H groups in total. The number of rotatable bonds is 6. The average Bonchev–Trinajstić information content (AvgIpc) is 3.05. The molecule has 0 aliphatic heterocycles. The van der Waals surface area contributed by atoms with E-state index in [1.807, 2.05) is 6.92 Å². The van der Waals surface area contributed by atoms with E-state index in [-0.39, 0.29) is 26.6 Å². The molecule has 3 rings (SSSR count). The molecule has 0 aliphatic carbocycles. The number of carbonyl (C=O) groups excluding carboxylic acids is 1. The molecule has 9 nitrogen and oxygen atoms in total. The molecule has 1 amide bonds. The minimum atomic E-state index is -3.88. The van der Waals surface area contributed by atoms with Crippen molar-refractivity contribution in [2.75, 3.05) is 10.0 Å². The van der Waals surface area contributed by atoms with E-state index in [1.165, 1.54) is 41.1 Å². The fourth-order valence-electron chi connectivity index (χ4n) is 2.19. The number of carbonyl (C=O) groups is 1. The molecule has 0 bridgehead atoms. The molecule has 0 spiro atoms. The van der Waals surface area contributed by atoms with Gasteiger partial charge in [0, 0.05) is 18.4 Å². The van der Waals surface area contributed by atoms with E-state index in [9.17, 15) is 13.2 Å². The first kappa shape index (κ1) is 20.1. The monoisotopic (exact) mass is 440 g/mol. The fraction of sp³-hybridized carbons (Fsp3) is 0.125. The Morgan fingerprint density at radius 1 is 1.11 bits per heavy atom. The van der Waals surface area contributed by atoms with Gasteiger partial charge in [0.15, 0.2) is 16.7 Å². The molecule has 2 aromatic heterocycles. The number of halogens is 2. The van der Waals surface area contributed by atoms with Crippen LogP contribution in [0.15, 0.2) is 47.5 Å². The molecule has 28 heavy (non-hydrogen) atoms. The van der Waals surface area contributed by atoms with Crippen LogP contribution in [0.4, 0.5) is 11.5 Å². The molecule has 0 atom stereocenters. The summed E-state index contributed by atoms with van der Waals surface area (Å²) < 4.78 is 28.6. The minimum absolute atomic E-state index is 0.0180. The molecule has 146 valence electrons. The third-order valence-corrected chi connectivity index (χ3v) is 5.40. The Bertz CT molecular complexity index is 1100. The predicted octanol–water partition coefficient (Wildman–Crippen LogP) is 3.05. The first-order valence-electron chi connectivity index (χ1n) is 7.95. The minimum Gasteiger partial charge on any atom is -0.321 e. The van der Waals surface area contributed by atoms with E-state index in [2.05, 4.69) is 25.3 Å². The number of aryl methyl sites for hydroxylation is 1. The Hall–Kier alpha value is -2.69. The van der Waals surface area contributed by atoms with Crippen LogP contribution in [0, 0.1) is 0 Å². The molecule has 2 heterocycles. The molecule has 12 heteroatoms. The van der Waals surface area contributed by atoms with Gasteiger partial charge in [0.1, 0.15) is 0 Å². The van der Waals surface area contributed by atoms with Gasteiger partial charge in [-0.2, -0.15) is 5.10 Å². The van der Waals surface area contributed by atoms with Gasteiger partial charge in [-0.25, -0.2) is 8.42 Å². The Kier molecular flexibility index (Phi) is 5.82. The standard InChI is InChI=1S/C16H14Cl2N6O3S/c1-2-24-9-12(17)15(22-24)16(25)19-10-3-5-11(6-4-10)28(26,27)23-14-8-7-13(18)20-21-14/h3-9H,2H2,1H3,(H,19,25)(H,21,23). The molecule has 0 saturated carbocycles. The van der Waals surface area contributed by atoms with Gasteiger partial charge in [-0.3, -0.25) is 14.2 Å². The highest BCUT2D eigenvalue weighted by Crippen LogP contribution is 2.19. The summed E-state index contributed by atoms with van der Waals surface area (Å²) in [6.45, 7) is 2.44. The third-order valence-electron chi connectivity index (χ3n) is 3.55. The van der Waals surface area contributed by atoms with Crippen molar-refractivity contribution in [2.24, 2.45) is 0 Å². The highest BCUT2D eigenvalue weighted by Gasteiger charge is 2.17. The number of nitrogens with one attached hydrogen (secondary N) is 2. The Morgan fingerprint density at radius 2 is 1.82 bits per heavy atom. The summed E-state index contributed by atoms with van der Waals surface area (Å²) in [5.74, 6) is -0.467. The predicted molar refractivity (Wildman–Crippen MR) is 105 cm³/mol.